The van der Waals surface area contributed by atoms with Crippen LogP contribution in [0, 0.1) is 23.2 Å². The first-order valence-corrected chi connectivity index (χ1v) is 13.4. The molecule has 0 aliphatic rings. The maximum Gasteiger partial charge on any atom is 0.108 e. The van der Waals surface area contributed by atoms with Crippen molar-refractivity contribution in [3.63, 3.8) is 0 Å². The fourth-order valence-electron chi connectivity index (χ4n) is 2.50. The first-order chi connectivity index (χ1) is 17.6. The zero-order valence-electron chi connectivity index (χ0n) is 24.6. The average Bonchev–Trinajstić information content (AvgIpc) is 3.28. The van der Waals surface area contributed by atoms with Crippen molar-refractivity contribution in [2.24, 2.45) is 10.8 Å². The number of hydrogen-bond acceptors (Lipinski definition) is 8. The molecule has 0 saturated carbocycles. The van der Waals surface area contributed by atoms with E-state index in [9.17, 15) is 0 Å². The van der Waals surface area contributed by atoms with E-state index in [0.29, 0.717) is 76.9 Å². The summed E-state index contributed by atoms with van der Waals surface area (Å²) in [6, 6.07) is 0. The topological polar surface area (TPSA) is 86.1 Å². The van der Waals surface area contributed by atoms with Gasteiger partial charge in [-0.25, -0.2) is 0 Å². The van der Waals surface area contributed by atoms with Crippen LogP contribution in [-0.4, -0.2) is 87.7 Å². The lowest BCUT2D eigenvalue weighted by molar-refractivity contribution is 0.00639. The molecule has 0 atom stereocenters. The Labute approximate surface area is 225 Å². The molecule has 9 nitrogen and oxygen atoms in total. The third-order valence-electron chi connectivity index (χ3n) is 4.83. The van der Waals surface area contributed by atoms with Gasteiger partial charge in [0.15, 0.2) is 0 Å². The average molecular weight is 528 g/mol. The van der Waals surface area contributed by atoms with Crippen LogP contribution in [0.1, 0.15) is 67.0 Å². The molecule has 37 heavy (non-hydrogen) atoms. The zero-order valence-corrected chi connectivity index (χ0v) is 24.6. The highest BCUT2D eigenvalue weighted by atomic mass is 16.5. The molecule has 1 aromatic rings. The fourth-order valence-corrected chi connectivity index (χ4v) is 2.50. The van der Waals surface area contributed by atoms with Crippen molar-refractivity contribution in [3.8, 4) is 12.3 Å². The van der Waals surface area contributed by atoms with Crippen LogP contribution in [0.25, 0.3) is 0 Å². The van der Waals surface area contributed by atoms with E-state index in [-0.39, 0.29) is 0 Å². The molecule has 0 unspecified atom stereocenters. The fraction of sp³-hybridized carbons (Fsp3) is 0.857. The van der Waals surface area contributed by atoms with Crippen LogP contribution in [0.5, 0.6) is 0 Å². The largest absolute Gasteiger partial charge is 0.379 e. The van der Waals surface area contributed by atoms with Crippen LogP contribution in [0.4, 0.5) is 0 Å². The summed E-state index contributed by atoms with van der Waals surface area (Å²) in [5.74, 6) is 2.40. The lowest BCUT2D eigenvalue weighted by Crippen LogP contribution is -2.13. The van der Waals surface area contributed by atoms with E-state index in [4.69, 9.17) is 34.8 Å². The van der Waals surface area contributed by atoms with Gasteiger partial charge < -0.3 is 28.4 Å². The molecule has 0 fully saturated rings. The molecule has 0 spiro atoms. The van der Waals surface area contributed by atoms with Crippen molar-refractivity contribution in [1.29, 1.82) is 0 Å². The van der Waals surface area contributed by atoms with Gasteiger partial charge in [-0.1, -0.05) is 52.7 Å². The second kappa shape index (κ2) is 22.4. The van der Waals surface area contributed by atoms with Gasteiger partial charge in [0.1, 0.15) is 12.3 Å². The van der Waals surface area contributed by atoms with E-state index in [2.05, 4.69) is 57.8 Å². The molecule has 0 saturated heterocycles. The Morgan fingerprint density at radius 1 is 0.703 bits per heavy atom. The highest BCUT2D eigenvalue weighted by Crippen LogP contribution is 2.18. The second-order valence-electron chi connectivity index (χ2n) is 10.9. The summed E-state index contributed by atoms with van der Waals surface area (Å²) in [6.45, 7) is 23.3. The summed E-state index contributed by atoms with van der Waals surface area (Å²) in [4.78, 5) is 0. The van der Waals surface area contributed by atoms with Crippen molar-refractivity contribution >= 4 is 0 Å². The van der Waals surface area contributed by atoms with Gasteiger partial charge >= 0.3 is 0 Å². The standard InChI is InChI=1S/C15H29N3O3.C13H24O3/c1-5-18-12-14(16-17-18)13-21-11-10-20-9-8-19-7-6-15(2,3)4;1-5-7-14-9-11-16-12-10-15-8-6-13(2,3)4/h12H,5-11,13H2,1-4H3;1H,6-12H2,2-4H3. The predicted octanol–water partition coefficient (Wildman–Crippen LogP) is 4.39. The van der Waals surface area contributed by atoms with Gasteiger partial charge in [-0.2, -0.15) is 0 Å². The lowest BCUT2D eigenvalue weighted by Gasteiger charge is -2.17. The highest BCUT2D eigenvalue weighted by molar-refractivity contribution is 4.89. The Bertz CT molecular complexity index is 677. The van der Waals surface area contributed by atoms with Crippen LogP contribution in [0.15, 0.2) is 6.20 Å². The Kier molecular flexibility index (Phi) is 21.5. The number of ether oxygens (including phenoxy) is 6. The van der Waals surface area contributed by atoms with E-state index in [1.807, 2.05) is 13.1 Å². The van der Waals surface area contributed by atoms with Crippen molar-refractivity contribution in [2.45, 2.75) is 74.5 Å². The summed E-state index contributed by atoms with van der Waals surface area (Å²) < 4.78 is 34.0. The molecule has 9 heteroatoms. The van der Waals surface area contributed by atoms with Gasteiger partial charge in [-0.15, -0.1) is 11.5 Å². The van der Waals surface area contributed by atoms with Crippen LogP contribution in [0.3, 0.4) is 0 Å². The Hall–Kier alpha value is -1.54. The predicted molar refractivity (Wildman–Crippen MR) is 146 cm³/mol. The minimum atomic E-state index is 0.328. The van der Waals surface area contributed by atoms with E-state index >= 15 is 0 Å². The number of aromatic nitrogens is 3. The quantitative estimate of drug-likeness (QED) is 0.182. The molecule has 0 amide bonds. The molecule has 0 aliphatic carbocycles. The maximum absolute atomic E-state index is 5.51. The molecule has 1 aromatic heterocycles. The Morgan fingerprint density at radius 2 is 1.14 bits per heavy atom. The Balaban J connectivity index is 0.000000730. The highest BCUT2D eigenvalue weighted by Gasteiger charge is 2.09. The molecule has 1 heterocycles. The van der Waals surface area contributed by atoms with Gasteiger partial charge in [0.25, 0.3) is 0 Å². The van der Waals surface area contributed by atoms with E-state index in [1.54, 1.807) is 4.68 Å². The van der Waals surface area contributed by atoms with Crippen molar-refractivity contribution in [3.05, 3.63) is 11.9 Å². The summed E-state index contributed by atoms with van der Waals surface area (Å²) in [5, 5.41) is 7.95. The van der Waals surface area contributed by atoms with Gasteiger partial charge in [0.2, 0.25) is 0 Å². The normalized spacial score (nSPS) is 11.7. The van der Waals surface area contributed by atoms with Crippen molar-refractivity contribution in [2.75, 3.05) is 72.7 Å². The van der Waals surface area contributed by atoms with E-state index < -0.39 is 0 Å². The van der Waals surface area contributed by atoms with Crippen LogP contribution >= 0.6 is 0 Å². The third-order valence-corrected chi connectivity index (χ3v) is 4.83. The minimum absolute atomic E-state index is 0.328. The number of hydrogen-bond donors (Lipinski definition) is 0. The summed E-state index contributed by atoms with van der Waals surface area (Å²) in [6.07, 6.45) is 9.05. The van der Waals surface area contributed by atoms with E-state index in [1.165, 1.54) is 0 Å². The summed E-state index contributed by atoms with van der Waals surface area (Å²) in [7, 11) is 0. The van der Waals surface area contributed by atoms with Gasteiger partial charge in [-0.3, -0.25) is 4.68 Å². The number of rotatable bonds is 20. The molecule has 216 valence electrons. The molecule has 0 aromatic carbocycles. The number of nitrogens with zero attached hydrogens (tertiary/aromatic N) is 3. The molecule has 0 N–H and O–H groups in total. The van der Waals surface area contributed by atoms with Gasteiger partial charge in [0.05, 0.1) is 65.7 Å². The number of aryl methyl sites for hydroxylation is 1. The van der Waals surface area contributed by atoms with Crippen LogP contribution in [0.2, 0.25) is 0 Å². The summed E-state index contributed by atoms with van der Waals surface area (Å²) in [5.41, 5.74) is 1.51. The summed E-state index contributed by atoms with van der Waals surface area (Å²) >= 11 is 0. The Morgan fingerprint density at radius 3 is 1.54 bits per heavy atom. The maximum atomic E-state index is 5.51. The monoisotopic (exact) mass is 527 g/mol. The first-order valence-electron chi connectivity index (χ1n) is 13.4. The number of terminal acetylenes is 1. The SMILES string of the molecule is C#CCOCCOCCOCCC(C)(C)C.CCn1cc(COCCOCCOCCC(C)(C)C)nn1. The zero-order chi connectivity index (χ0) is 27.8. The first kappa shape index (κ1) is 35.5. The minimum Gasteiger partial charge on any atom is -0.379 e. The lowest BCUT2D eigenvalue weighted by atomic mass is 9.93. The van der Waals surface area contributed by atoms with Crippen molar-refractivity contribution in [1.82, 2.24) is 15.0 Å². The van der Waals surface area contributed by atoms with E-state index in [0.717, 1.165) is 38.3 Å². The third kappa shape index (κ3) is 27.3. The molecule has 0 bridgehead atoms. The smallest absolute Gasteiger partial charge is 0.108 e. The molecule has 1 rings (SSSR count). The van der Waals surface area contributed by atoms with Gasteiger partial charge in [0, 0.05) is 19.8 Å². The van der Waals surface area contributed by atoms with Crippen LogP contribution in [-0.2, 0) is 41.6 Å². The van der Waals surface area contributed by atoms with Crippen molar-refractivity contribution < 1.29 is 28.4 Å². The molecule has 0 radical (unpaired) electrons. The second-order valence-corrected chi connectivity index (χ2v) is 10.9. The van der Waals surface area contributed by atoms with Gasteiger partial charge in [-0.05, 0) is 30.6 Å². The molecular weight excluding hydrogens is 474 g/mol. The molecular formula is C28H53N3O6. The van der Waals surface area contributed by atoms with Crippen LogP contribution < -0.4 is 0 Å². The molecule has 0 aliphatic heterocycles.